The Morgan fingerprint density at radius 2 is 1.80 bits per heavy atom. The minimum Gasteiger partial charge on any atom is -0.487 e. The second-order valence-corrected chi connectivity index (χ2v) is 7.54. The van der Waals surface area contributed by atoms with E-state index in [4.69, 9.17) is 4.74 Å². The highest BCUT2D eigenvalue weighted by molar-refractivity contribution is 5.42. The molecule has 3 rings (SSSR count). The highest BCUT2D eigenvalue weighted by atomic mass is 16.5. The van der Waals surface area contributed by atoms with Crippen LogP contribution in [0, 0.1) is 5.41 Å². The fraction of sp³-hybridized carbons (Fsp3) is 0.667. The summed E-state index contributed by atoms with van der Waals surface area (Å²) in [7, 11) is 0. The summed E-state index contributed by atoms with van der Waals surface area (Å²) in [5, 5.41) is 3.44. The van der Waals surface area contributed by atoms with E-state index in [9.17, 15) is 0 Å². The summed E-state index contributed by atoms with van der Waals surface area (Å²) in [5.74, 6) is 1.13. The van der Waals surface area contributed by atoms with E-state index in [1.165, 1.54) is 36.8 Å². The van der Waals surface area contributed by atoms with Gasteiger partial charge in [0.05, 0.1) is 0 Å². The summed E-state index contributed by atoms with van der Waals surface area (Å²) in [6, 6.07) is 6.52. The van der Waals surface area contributed by atoms with Crippen molar-refractivity contribution in [1.82, 2.24) is 5.32 Å². The van der Waals surface area contributed by atoms with Crippen molar-refractivity contribution in [2.24, 2.45) is 5.41 Å². The summed E-state index contributed by atoms with van der Waals surface area (Å²) in [6.07, 6.45) is 5.96. The number of hydrogen-bond donors (Lipinski definition) is 1. The van der Waals surface area contributed by atoms with Gasteiger partial charge in [0.15, 0.2) is 0 Å². The summed E-state index contributed by atoms with van der Waals surface area (Å²) < 4.78 is 6.51. The van der Waals surface area contributed by atoms with E-state index in [2.05, 4.69) is 44.3 Å². The van der Waals surface area contributed by atoms with Crippen molar-refractivity contribution in [3.05, 3.63) is 29.3 Å². The lowest BCUT2D eigenvalue weighted by Gasteiger charge is -2.42. The molecule has 1 saturated carbocycles. The maximum Gasteiger partial charge on any atom is 0.123 e. The topological polar surface area (TPSA) is 21.3 Å². The zero-order chi connectivity index (χ0) is 14.2. The highest BCUT2D eigenvalue weighted by Crippen LogP contribution is 2.42. The van der Waals surface area contributed by atoms with Crippen molar-refractivity contribution in [3.63, 3.8) is 0 Å². The molecule has 20 heavy (non-hydrogen) atoms. The van der Waals surface area contributed by atoms with E-state index in [1.54, 1.807) is 0 Å². The van der Waals surface area contributed by atoms with Crippen molar-refractivity contribution in [3.8, 4) is 5.75 Å². The van der Waals surface area contributed by atoms with Crippen molar-refractivity contribution >= 4 is 0 Å². The molecule has 1 aromatic carbocycles. The van der Waals surface area contributed by atoms with Gasteiger partial charge in [-0.25, -0.2) is 0 Å². The molecule has 0 atom stereocenters. The normalized spacial score (nSPS) is 23.9. The first-order valence-corrected chi connectivity index (χ1v) is 7.98. The van der Waals surface area contributed by atoms with Crippen LogP contribution in [0.1, 0.15) is 57.6 Å². The molecule has 2 nitrogen and oxygen atoms in total. The summed E-state index contributed by atoms with van der Waals surface area (Å²) in [4.78, 5) is 0. The van der Waals surface area contributed by atoms with Gasteiger partial charge < -0.3 is 10.1 Å². The average Bonchev–Trinajstić information content (AvgIpc) is 2.43. The number of nitrogens with one attached hydrogen (secondary N) is 1. The smallest absolute Gasteiger partial charge is 0.123 e. The van der Waals surface area contributed by atoms with Gasteiger partial charge in [-0.3, -0.25) is 0 Å². The van der Waals surface area contributed by atoms with Crippen molar-refractivity contribution in [2.45, 2.75) is 65.0 Å². The third-order valence-corrected chi connectivity index (χ3v) is 5.11. The van der Waals surface area contributed by atoms with Gasteiger partial charge in [-0.1, -0.05) is 26.0 Å². The Bertz CT molecular complexity index is 482. The summed E-state index contributed by atoms with van der Waals surface area (Å²) in [5.41, 5.74) is 3.35. The Kier molecular flexibility index (Phi) is 3.53. The Hall–Kier alpha value is -1.02. The fourth-order valence-corrected chi connectivity index (χ4v) is 3.42. The largest absolute Gasteiger partial charge is 0.487 e. The van der Waals surface area contributed by atoms with Crippen LogP contribution in [0.25, 0.3) is 0 Å². The summed E-state index contributed by atoms with van der Waals surface area (Å²) in [6.45, 7) is 9.10. The molecule has 0 aromatic heterocycles. The van der Waals surface area contributed by atoms with Gasteiger partial charge in [0.2, 0.25) is 0 Å². The lowest BCUT2D eigenvalue weighted by Crippen LogP contribution is -2.39. The number of fused-ring (bicyclic) bond motifs is 1. The highest BCUT2D eigenvalue weighted by Gasteiger charge is 2.36. The zero-order valence-corrected chi connectivity index (χ0v) is 13.1. The number of benzene rings is 1. The average molecular weight is 273 g/mol. The Labute approximate surface area is 122 Å². The third kappa shape index (κ3) is 2.85. The number of ether oxygens (including phenoxy) is 1. The molecule has 1 N–H and O–H groups in total. The Morgan fingerprint density at radius 1 is 1.05 bits per heavy atom. The van der Waals surface area contributed by atoms with Crippen molar-refractivity contribution < 1.29 is 4.74 Å². The quantitative estimate of drug-likeness (QED) is 0.877. The Balaban J connectivity index is 1.78. The predicted molar refractivity (Wildman–Crippen MR) is 83.1 cm³/mol. The molecular weight excluding hydrogens is 246 g/mol. The van der Waals surface area contributed by atoms with Gasteiger partial charge in [0, 0.05) is 6.54 Å². The monoisotopic (exact) mass is 273 g/mol. The van der Waals surface area contributed by atoms with Crippen LogP contribution in [0.15, 0.2) is 18.2 Å². The number of rotatable bonds is 2. The first kappa shape index (κ1) is 13.9. The summed E-state index contributed by atoms with van der Waals surface area (Å²) >= 11 is 0. The first-order chi connectivity index (χ1) is 9.48. The molecule has 0 unspecified atom stereocenters. The molecule has 1 aliphatic heterocycles. The second kappa shape index (κ2) is 5.07. The van der Waals surface area contributed by atoms with Gasteiger partial charge in [0.1, 0.15) is 11.4 Å². The van der Waals surface area contributed by atoms with Crippen LogP contribution in [0.4, 0.5) is 0 Å². The van der Waals surface area contributed by atoms with E-state index in [0.717, 1.165) is 25.3 Å². The van der Waals surface area contributed by atoms with E-state index < -0.39 is 0 Å². The van der Waals surface area contributed by atoms with E-state index in [1.807, 2.05) is 0 Å². The van der Waals surface area contributed by atoms with E-state index in [0.29, 0.717) is 5.41 Å². The Morgan fingerprint density at radius 3 is 2.55 bits per heavy atom. The molecule has 110 valence electrons. The van der Waals surface area contributed by atoms with Gasteiger partial charge in [-0.2, -0.15) is 0 Å². The van der Waals surface area contributed by atoms with Gasteiger partial charge >= 0.3 is 0 Å². The maximum absolute atomic E-state index is 6.51. The molecule has 0 saturated heterocycles. The molecule has 0 amide bonds. The van der Waals surface area contributed by atoms with Gasteiger partial charge in [-0.05, 0) is 68.2 Å². The molecule has 1 fully saturated rings. The van der Waals surface area contributed by atoms with Gasteiger partial charge in [0.25, 0.3) is 0 Å². The minimum atomic E-state index is 0.0233. The molecule has 1 heterocycles. The predicted octanol–water partition coefficient (Wildman–Crippen LogP) is 4.07. The molecule has 0 bridgehead atoms. The molecule has 1 aromatic rings. The van der Waals surface area contributed by atoms with Crippen LogP contribution < -0.4 is 10.1 Å². The van der Waals surface area contributed by atoms with E-state index >= 15 is 0 Å². The fourth-order valence-electron chi connectivity index (χ4n) is 3.42. The molecular formula is C18H27NO. The third-order valence-electron chi connectivity index (χ3n) is 5.11. The van der Waals surface area contributed by atoms with Crippen LogP contribution in [-0.4, -0.2) is 12.1 Å². The minimum absolute atomic E-state index is 0.0233. The van der Waals surface area contributed by atoms with Crippen LogP contribution >= 0.6 is 0 Å². The van der Waals surface area contributed by atoms with Gasteiger partial charge in [-0.15, -0.1) is 0 Å². The lowest BCUT2D eigenvalue weighted by molar-refractivity contribution is 0.0116. The standard InChI is InChI=1S/C18H27NO/c1-17(2)8-10-18(3,11-9-17)20-16-6-4-5-14-13-19-12-7-15(14)16/h4-6,19H,7-13H2,1-3H3. The maximum atomic E-state index is 6.51. The van der Waals surface area contributed by atoms with E-state index in [-0.39, 0.29) is 5.60 Å². The molecule has 1 aliphatic carbocycles. The van der Waals surface area contributed by atoms with Crippen LogP contribution in [0.5, 0.6) is 5.75 Å². The number of hydrogen-bond acceptors (Lipinski definition) is 2. The molecule has 2 heteroatoms. The molecule has 2 aliphatic rings. The zero-order valence-electron chi connectivity index (χ0n) is 13.1. The lowest BCUT2D eigenvalue weighted by atomic mass is 9.71. The van der Waals surface area contributed by atoms with Crippen LogP contribution in [0.3, 0.4) is 0 Å². The van der Waals surface area contributed by atoms with Crippen LogP contribution in [0.2, 0.25) is 0 Å². The first-order valence-electron chi connectivity index (χ1n) is 7.98. The van der Waals surface area contributed by atoms with Crippen LogP contribution in [-0.2, 0) is 13.0 Å². The van der Waals surface area contributed by atoms with Crippen molar-refractivity contribution in [1.29, 1.82) is 0 Å². The van der Waals surface area contributed by atoms with Crippen molar-refractivity contribution in [2.75, 3.05) is 6.54 Å². The molecule has 0 spiro atoms. The molecule has 0 radical (unpaired) electrons. The SMILES string of the molecule is CC1(C)CCC(C)(Oc2cccc3c2CCNC3)CC1. The second-order valence-electron chi connectivity index (χ2n) is 7.54.